The van der Waals surface area contributed by atoms with Crippen LogP contribution in [-0.2, 0) is 24.4 Å². The predicted octanol–water partition coefficient (Wildman–Crippen LogP) is 3.08. The van der Waals surface area contributed by atoms with Gasteiger partial charge in [0.15, 0.2) is 0 Å². The predicted molar refractivity (Wildman–Crippen MR) is 84.0 cm³/mol. The van der Waals surface area contributed by atoms with E-state index in [-0.39, 0.29) is 12.5 Å². The summed E-state index contributed by atoms with van der Waals surface area (Å²) in [7, 11) is 0. The number of aliphatic hydroxyl groups excluding tert-OH is 1. The van der Waals surface area contributed by atoms with E-state index in [0.29, 0.717) is 24.4 Å². The Balaban J connectivity index is 1.81. The zero-order valence-electron chi connectivity index (χ0n) is 11.7. The van der Waals surface area contributed by atoms with E-state index < -0.39 is 0 Å². The van der Waals surface area contributed by atoms with Crippen molar-refractivity contribution in [3.05, 3.63) is 70.2 Å². The molecule has 21 heavy (non-hydrogen) atoms. The average molecular weight is 304 g/mol. The topological polar surface area (TPSA) is 49.3 Å². The first-order valence-electron chi connectivity index (χ1n) is 6.88. The maximum Gasteiger partial charge on any atom is 0.220 e. The maximum absolute atomic E-state index is 11.9. The van der Waals surface area contributed by atoms with Crippen molar-refractivity contribution in [2.24, 2.45) is 0 Å². The van der Waals surface area contributed by atoms with Crippen LogP contribution in [0.2, 0.25) is 5.02 Å². The van der Waals surface area contributed by atoms with Crippen molar-refractivity contribution in [3.8, 4) is 0 Å². The summed E-state index contributed by atoms with van der Waals surface area (Å²) in [5.74, 6) is -0.00214. The van der Waals surface area contributed by atoms with Gasteiger partial charge in [-0.1, -0.05) is 48.0 Å². The largest absolute Gasteiger partial charge is 0.392 e. The molecule has 0 aliphatic rings. The number of carbonyl (C=O) groups excluding carboxylic acids is 1. The molecule has 0 saturated heterocycles. The number of hydrogen-bond acceptors (Lipinski definition) is 2. The molecule has 1 amide bonds. The number of hydrogen-bond donors (Lipinski definition) is 2. The van der Waals surface area contributed by atoms with Gasteiger partial charge in [-0.05, 0) is 35.2 Å². The van der Waals surface area contributed by atoms with Gasteiger partial charge in [-0.15, -0.1) is 0 Å². The molecule has 2 aromatic carbocycles. The Morgan fingerprint density at radius 2 is 1.71 bits per heavy atom. The van der Waals surface area contributed by atoms with Gasteiger partial charge >= 0.3 is 0 Å². The van der Waals surface area contributed by atoms with Gasteiger partial charge in [0.2, 0.25) is 5.91 Å². The molecule has 3 nitrogen and oxygen atoms in total. The fourth-order valence-corrected chi connectivity index (χ4v) is 2.20. The highest BCUT2D eigenvalue weighted by Crippen LogP contribution is 2.11. The van der Waals surface area contributed by atoms with Crippen LogP contribution in [0.5, 0.6) is 0 Å². The summed E-state index contributed by atoms with van der Waals surface area (Å²) in [6.45, 7) is 0.424. The third kappa shape index (κ3) is 4.88. The molecular weight excluding hydrogens is 286 g/mol. The lowest BCUT2D eigenvalue weighted by Crippen LogP contribution is -2.23. The number of nitrogens with one attached hydrogen (secondary N) is 1. The number of amides is 1. The van der Waals surface area contributed by atoms with E-state index in [2.05, 4.69) is 5.32 Å². The zero-order chi connectivity index (χ0) is 15.1. The van der Waals surface area contributed by atoms with Gasteiger partial charge < -0.3 is 10.4 Å². The summed E-state index contributed by atoms with van der Waals surface area (Å²) in [6.07, 6.45) is 1.12. The van der Waals surface area contributed by atoms with Crippen LogP contribution in [0, 0.1) is 0 Å². The number of rotatable bonds is 6. The van der Waals surface area contributed by atoms with Crippen LogP contribution in [0.15, 0.2) is 48.5 Å². The Kier molecular flexibility index (Phi) is 5.78. The first-order valence-corrected chi connectivity index (χ1v) is 7.25. The standard InChI is InChI=1S/C17H18ClNO2/c18-16-8-5-13(6-9-16)7-10-17(21)19-11-14-3-1-2-4-15(14)12-20/h1-6,8-9,20H,7,10-12H2,(H,19,21). The molecule has 0 aliphatic carbocycles. The molecule has 0 atom stereocenters. The molecule has 0 unspecified atom stereocenters. The van der Waals surface area contributed by atoms with Gasteiger partial charge in [0.1, 0.15) is 0 Å². The maximum atomic E-state index is 11.9. The minimum absolute atomic E-state index is 0.00214. The summed E-state index contributed by atoms with van der Waals surface area (Å²) in [5.41, 5.74) is 2.88. The van der Waals surface area contributed by atoms with Gasteiger partial charge in [-0.3, -0.25) is 4.79 Å². The molecule has 0 radical (unpaired) electrons. The average Bonchev–Trinajstić information content (AvgIpc) is 2.52. The highest BCUT2D eigenvalue weighted by molar-refractivity contribution is 6.30. The molecule has 0 bridgehead atoms. The van der Waals surface area contributed by atoms with Gasteiger partial charge in [-0.25, -0.2) is 0 Å². The molecule has 0 spiro atoms. The van der Waals surface area contributed by atoms with Crippen LogP contribution in [0.3, 0.4) is 0 Å². The Bertz CT molecular complexity index is 596. The van der Waals surface area contributed by atoms with E-state index >= 15 is 0 Å². The van der Waals surface area contributed by atoms with E-state index in [1.807, 2.05) is 48.5 Å². The van der Waals surface area contributed by atoms with Crippen LogP contribution >= 0.6 is 11.6 Å². The summed E-state index contributed by atoms with van der Waals surface area (Å²) in [6, 6.07) is 15.0. The summed E-state index contributed by atoms with van der Waals surface area (Å²) < 4.78 is 0. The van der Waals surface area contributed by atoms with E-state index in [0.717, 1.165) is 16.7 Å². The third-order valence-corrected chi connectivity index (χ3v) is 3.57. The number of aryl methyl sites for hydroxylation is 1. The number of carbonyl (C=O) groups is 1. The van der Waals surface area contributed by atoms with Gasteiger partial charge in [0.25, 0.3) is 0 Å². The van der Waals surface area contributed by atoms with Gasteiger partial charge in [-0.2, -0.15) is 0 Å². The van der Waals surface area contributed by atoms with Crippen LogP contribution < -0.4 is 5.32 Å². The second kappa shape index (κ2) is 7.81. The van der Waals surface area contributed by atoms with Gasteiger partial charge in [0.05, 0.1) is 6.61 Å². The first-order chi connectivity index (χ1) is 10.2. The van der Waals surface area contributed by atoms with E-state index in [4.69, 9.17) is 11.6 Å². The Labute approximate surface area is 129 Å². The van der Waals surface area contributed by atoms with E-state index in [1.165, 1.54) is 0 Å². The highest BCUT2D eigenvalue weighted by atomic mass is 35.5. The fourth-order valence-electron chi connectivity index (χ4n) is 2.08. The zero-order valence-corrected chi connectivity index (χ0v) is 12.4. The molecule has 0 fully saturated rings. The SMILES string of the molecule is O=C(CCc1ccc(Cl)cc1)NCc1ccccc1CO. The van der Waals surface area contributed by atoms with Crippen molar-refractivity contribution >= 4 is 17.5 Å². The van der Waals surface area contributed by atoms with Crippen molar-refractivity contribution < 1.29 is 9.90 Å². The van der Waals surface area contributed by atoms with Crippen LogP contribution in [-0.4, -0.2) is 11.0 Å². The Hall–Kier alpha value is -1.84. The summed E-state index contributed by atoms with van der Waals surface area (Å²) >= 11 is 5.82. The van der Waals surface area contributed by atoms with Crippen molar-refractivity contribution in [2.45, 2.75) is 26.0 Å². The first kappa shape index (κ1) is 15.5. The van der Waals surface area contributed by atoms with Crippen LogP contribution in [0.1, 0.15) is 23.1 Å². The monoisotopic (exact) mass is 303 g/mol. The highest BCUT2D eigenvalue weighted by Gasteiger charge is 2.05. The number of aliphatic hydroxyl groups is 1. The number of halogens is 1. The molecular formula is C17H18ClNO2. The molecule has 2 aromatic rings. The molecule has 0 saturated carbocycles. The lowest BCUT2D eigenvalue weighted by atomic mass is 10.1. The molecule has 4 heteroatoms. The molecule has 0 aromatic heterocycles. The van der Waals surface area contributed by atoms with Gasteiger partial charge in [0, 0.05) is 18.0 Å². The Morgan fingerprint density at radius 1 is 1.05 bits per heavy atom. The molecule has 2 rings (SSSR count). The normalized spacial score (nSPS) is 10.4. The lowest BCUT2D eigenvalue weighted by Gasteiger charge is -2.09. The molecule has 110 valence electrons. The van der Waals surface area contributed by atoms with Crippen molar-refractivity contribution in [1.82, 2.24) is 5.32 Å². The molecule has 0 aliphatic heterocycles. The molecule has 2 N–H and O–H groups in total. The molecule has 0 heterocycles. The minimum atomic E-state index is -0.0170. The van der Waals surface area contributed by atoms with E-state index in [1.54, 1.807) is 0 Å². The Morgan fingerprint density at radius 3 is 2.38 bits per heavy atom. The third-order valence-electron chi connectivity index (χ3n) is 3.32. The van der Waals surface area contributed by atoms with Crippen LogP contribution in [0.25, 0.3) is 0 Å². The second-order valence-corrected chi connectivity index (χ2v) is 5.27. The van der Waals surface area contributed by atoms with Crippen molar-refractivity contribution in [2.75, 3.05) is 0 Å². The van der Waals surface area contributed by atoms with Crippen LogP contribution in [0.4, 0.5) is 0 Å². The summed E-state index contributed by atoms with van der Waals surface area (Å²) in [4.78, 5) is 11.9. The lowest BCUT2D eigenvalue weighted by molar-refractivity contribution is -0.121. The van der Waals surface area contributed by atoms with E-state index in [9.17, 15) is 9.90 Å². The van der Waals surface area contributed by atoms with Crippen molar-refractivity contribution in [1.29, 1.82) is 0 Å². The minimum Gasteiger partial charge on any atom is -0.392 e. The summed E-state index contributed by atoms with van der Waals surface area (Å²) in [5, 5.41) is 12.8. The van der Waals surface area contributed by atoms with Crippen molar-refractivity contribution in [3.63, 3.8) is 0 Å². The fraction of sp³-hybridized carbons (Fsp3) is 0.235. The number of benzene rings is 2. The second-order valence-electron chi connectivity index (χ2n) is 4.83. The quantitative estimate of drug-likeness (QED) is 0.861. The smallest absolute Gasteiger partial charge is 0.220 e.